The average Bonchev–Trinajstić information content (AvgIpc) is 3.39. The number of rotatable bonds is 3. The number of hydrogen-bond acceptors (Lipinski definition) is 4. The highest BCUT2D eigenvalue weighted by Gasteiger charge is 2.61. The van der Waals surface area contributed by atoms with Gasteiger partial charge in [-0.2, -0.15) is 14.8 Å². The Labute approximate surface area is 161 Å². The van der Waals surface area contributed by atoms with Gasteiger partial charge in [-0.15, -0.1) is 0 Å². The molecular formula is C21H18FN5O. The molecule has 1 saturated carbocycles. The Kier molecular flexibility index (Phi) is 3.53. The summed E-state index contributed by atoms with van der Waals surface area (Å²) in [5, 5.41) is 14.2. The molecule has 1 amide bonds. The molecule has 0 bridgehead atoms. The lowest BCUT2D eigenvalue weighted by molar-refractivity contribution is -0.124. The van der Waals surface area contributed by atoms with Crippen molar-refractivity contribution in [2.75, 3.05) is 11.4 Å². The van der Waals surface area contributed by atoms with Gasteiger partial charge >= 0.3 is 0 Å². The molecule has 2 fully saturated rings. The predicted octanol–water partition coefficient (Wildman–Crippen LogP) is 3.44. The number of halogens is 1. The van der Waals surface area contributed by atoms with Crippen LogP contribution in [0.5, 0.6) is 0 Å². The summed E-state index contributed by atoms with van der Waals surface area (Å²) >= 11 is 0. The summed E-state index contributed by atoms with van der Waals surface area (Å²) in [5.74, 6) is -0.581. The van der Waals surface area contributed by atoms with Crippen LogP contribution in [0, 0.1) is 34.5 Å². The van der Waals surface area contributed by atoms with Gasteiger partial charge in [0.1, 0.15) is 5.41 Å². The van der Waals surface area contributed by atoms with Crippen molar-refractivity contribution in [2.45, 2.75) is 19.8 Å². The number of nitrogens with zero attached hydrogens (tertiary/aromatic N) is 5. The van der Waals surface area contributed by atoms with Crippen molar-refractivity contribution in [3.05, 3.63) is 48.8 Å². The molecule has 0 spiro atoms. The second-order valence-corrected chi connectivity index (χ2v) is 7.69. The minimum Gasteiger partial charge on any atom is -0.309 e. The Bertz CT molecular complexity index is 1150. The molecule has 7 heteroatoms. The lowest BCUT2D eigenvalue weighted by atomic mass is 9.75. The van der Waals surface area contributed by atoms with Crippen molar-refractivity contribution < 1.29 is 9.18 Å². The first kappa shape index (κ1) is 16.9. The van der Waals surface area contributed by atoms with Gasteiger partial charge in [-0.05, 0) is 43.0 Å². The average molecular weight is 375 g/mol. The highest BCUT2D eigenvalue weighted by Crippen LogP contribution is 2.54. The van der Waals surface area contributed by atoms with Gasteiger partial charge in [-0.25, -0.2) is 9.50 Å². The monoisotopic (exact) mass is 375 g/mol. The smallest absolute Gasteiger partial charge is 0.248 e. The van der Waals surface area contributed by atoms with Gasteiger partial charge in [-0.3, -0.25) is 4.79 Å². The summed E-state index contributed by atoms with van der Waals surface area (Å²) in [6.07, 6.45) is 6.61. The van der Waals surface area contributed by atoms with Crippen LogP contribution in [0.15, 0.2) is 42.9 Å². The molecule has 0 unspecified atom stereocenters. The molecule has 1 aliphatic heterocycles. The van der Waals surface area contributed by atoms with Crippen molar-refractivity contribution in [3.8, 4) is 17.2 Å². The van der Waals surface area contributed by atoms with E-state index >= 15 is 0 Å². The van der Waals surface area contributed by atoms with Gasteiger partial charge in [0.25, 0.3) is 0 Å². The lowest BCUT2D eigenvalue weighted by Gasteiger charge is -2.23. The number of hydrogen-bond donors (Lipinski definition) is 0. The Hall–Kier alpha value is -3.27. The van der Waals surface area contributed by atoms with Gasteiger partial charge < -0.3 is 4.90 Å². The van der Waals surface area contributed by atoms with E-state index in [0.29, 0.717) is 28.9 Å². The van der Waals surface area contributed by atoms with Crippen LogP contribution >= 0.6 is 0 Å². The van der Waals surface area contributed by atoms with Crippen LogP contribution in [0.2, 0.25) is 0 Å². The van der Waals surface area contributed by atoms with E-state index in [1.165, 1.54) is 6.20 Å². The normalized spacial score (nSPS) is 24.7. The largest absolute Gasteiger partial charge is 0.309 e. The topological polar surface area (TPSA) is 74.3 Å². The Balaban J connectivity index is 1.62. The van der Waals surface area contributed by atoms with Crippen molar-refractivity contribution in [1.29, 1.82) is 5.26 Å². The quantitative estimate of drug-likeness (QED) is 0.657. The number of fused-ring (bicyclic) bond motifs is 1. The molecule has 0 aromatic carbocycles. The van der Waals surface area contributed by atoms with E-state index < -0.39 is 11.4 Å². The van der Waals surface area contributed by atoms with Crippen LogP contribution in [0.3, 0.4) is 0 Å². The van der Waals surface area contributed by atoms with Gasteiger partial charge in [0, 0.05) is 42.2 Å². The molecule has 2 atom stereocenters. The molecule has 1 saturated heterocycles. The van der Waals surface area contributed by atoms with E-state index in [2.05, 4.69) is 16.2 Å². The highest BCUT2D eigenvalue weighted by atomic mass is 19.1. The summed E-state index contributed by atoms with van der Waals surface area (Å²) in [7, 11) is 0. The third kappa shape index (κ3) is 2.21. The molecule has 0 N–H and O–H groups in total. The maximum Gasteiger partial charge on any atom is 0.248 e. The van der Waals surface area contributed by atoms with E-state index in [0.717, 1.165) is 12.8 Å². The molecule has 140 valence electrons. The second kappa shape index (κ2) is 5.86. The molecule has 0 radical (unpaired) electrons. The number of nitriles is 1. The van der Waals surface area contributed by atoms with Crippen LogP contribution in [0.1, 0.15) is 19.8 Å². The van der Waals surface area contributed by atoms with Crippen molar-refractivity contribution >= 4 is 17.1 Å². The summed E-state index contributed by atoms with van der Waals surface area (Å²) in [5.41, 5.74) is 1.47. The number of pyridine rings is 1. The highest BCUT2D eigenvalue weighted by molar-refractivity contribution is 6.05. The third-order valence-corrected chi connectivity index (χ3v) is 6.09. The molecule has 3 aromatic heterocycles. The van der Waals surface area contributed by atoms with Crippen LogP contribution in [0.4, 0.5) is 10.1 Å². The Morgan fingerprint density at radius 1 is 1.32 bits per heavy atom. The van der Waals surface area contributed by atoms with Gasteiger partial charge in [0.15, 0.2) is 0 Å². The fourth-order valence-corrected chi connectivity index (χ4v) is 4.48. The van der Waals surface area contributed by atoms with E-state index in [1.54, 1.807) is 40.0 Å². The minimum atomic E-state index is -0.939. The fourth-order valence-electron chi connectivity index (χ4n) is 4.48. The summed E-state index contributed by atoms with van der Waals surface area (Å²) in [6.45, 7) is 2.47. The minimum absolute atomic E-state index is 0.0454. The maximum atomic E-state index is 14.1. The predicted molar refractivity (Wildman–Crippen MR) is 101 cm³/mol. The first-order chi connectivity index (χ1) is 13.6. The standard InChI is InChI=1S/C21H18FN5O/c1-13-10-26(20(28)21(13,12-23)15-4-5-15)17-6-8-25-27-11-14(9-18(17)27)16-3-2-7-24-19(16)22/h2-3,6-9,11,13,15H,4-5,10H2,1H3/t13-,21+/m1/s1. The number of carbonyl (C=O) groups is 1. The molecule has 4 heterocycles. The molecule has 6 nitrogen and oxygen atoms in total. The summed E-state index contributed by atoms with van der Waals surface area (Å²) in [4.78, 5) is 18.7. The SMILES string of the molecule is C[C@@H]1CN(c2ccnn3cc(-c4cccnc4F)cc23)C(=O)[C@]1(C#N)C1CC1. The number of carbonyl (C=O) groups excluding carboxylic acids is 1. The molecular weight excluding hydrogens is 357 g/mol. The molecule has 1 aliphatic carbocycles. The Morgan fingerprint density at radius 3 is 2.86 bits per heavy atom. The van der Waals surface area contributed by atoms with E-state index in [1.807, 2.05) is 13.0 Å². The summed E-state index contributed by atoms with van der Waals surface area (Å²) in [6, 6.07) is 9.28. The zero-order valence-corrected chi connectivity index (χ0v) is 15.3. The zero-order valence-electron chi connectivity index (χ0n) is 15.3. The molecule has 5 rings (SSSR count). The number of anilines is 1. The van der Waals surface area contributed by atoms with E-state index in [9.17, 15) is 14.4 Å². The van der Waals surface area contributed by atoms with Crippen molar-refractivity contribution in [3.63, 3.8) is 0 Å². The molecule has 28 heavy (non-hydrogen) atoms. The van der Waals surface area contributed by atoms with Crippen molar-refractivity contribution in [1.82, 2.24) is 14.6 Å². The van der Waals surface area contributed by atoms with Crippen LogP contribution in [-0.2, 0) is 4.79 Å². The van der Waals surface area contributed by atoms with Gasteiger partial charge in [0.05, 0.1) is 17.3 Å². The number of aromatic nitrogens is 3. The Morgan fingerprint density at radius 2 is 2.14 bits per heavy atom. The van der Waals surface area contributed by atoms with Gasteiger partial charge in [-0.1, -0.05) is 6.92 Å². The van der Waals surface area contributed by atoms with E-state index in [4.69, 9.17) is 0 Å². The first-order valence-electron chi connectivity index (χ1n) is 9.37. The number of amides is 1. The zero-order chi connectivity index (χ0) is 19.5. The van der Waals surface area contributed by atoms with Crippen LogP contribution < -0.4 is 4.90 Å². The second-order valence-electron chi connectivity index (χ2n) is 7.69. The van der Waals surface area contributed by atoms with E-state index in [-0.39, 0.29) is 17.7 Å². The summed E-state index contributed by atoms with van der Waals surface area (Å²) < 4.78 is 15.8. The van der Waals surface area contributed by atoms with Gasteiger partial charge in [0.2, 0.25) is 11.9 Å². The third-order valence-electron chi connectivity index (χ3n) is 6.09. The molecule has 3 aromatic rings. The fraction of sp³-hybridized carbons (Fsp3) is 0.333. The maximum absolute atomic E-state index is 14.1. The van der Waals surface area contributed by atoms with Crippen LogP contribution in [0.25, 0.3) is 16.6 Å². The van der Waals surface area contributed by atoms with Crippen molar-refractivity contribution in [2.24, 2.45) is 17.3 Å². The first-order valence-corrected chi connectivity index (χ1v) is 9.37. The molecule has 2 aliphatic rings. The van der Waals surface area contributed by atoms with Crippen LogP contribution in [-0.4, -0.2) is 27.0 Å². The lowest BCUT2D eigenvalue weighted by Crippen LogP contribution is -2.37.